The molecule has 0 saturated heterocycles. The van der Waals surface area contributed by atoms with Gasteiger partial charge >= 0.3 is 19.7 Å². The van der Waals surface area contributed by atoms with E-state index in [1.165, 1.54) is 0 Å². The van der Waals surface area contributed by atoms with E-state index in [1.54, 1.807) is 60.7 Å². The van der Waals surface area contributed by atoms with E-state index in [9.17, 15) is 14.2 Å². The minimum Gasteiger partial charge on any atom is -0.434 e. The molecule has 3 aromatic carbocycles. The van der Waals surface area contributed by atoms with Gasteiger partial charge in [-0.15, -0.1) is 0 Å². The lowest BCUT2D eigenvalue weighted by Gasteiger charge is -2.19. The van der Waals surface area contributed by atoms with E-state index in [0.29, 0.717) is 11.1 Å². The maximum Gasteiger partial charge on any atom is 0.411 e. The van der Waals surface area contributed by atoms with E-state index >= 15 is 0 Å². The van der Waals surface area contributed by atoms with Crippen molar-refractivity contribution < 1.29 is 32.7 Å². The highest BCUT2D eigenvalue weighted by atomic mass is 31.2. The molecule has 0 aliphatic heterocycles. The van der Waals surface area contributed by atoms with Gasteiger partial charge in [0.15, 0.2) is 0 Å². The number of hydrogen-bond donors (Lipinski definition) is 1. The van der Waals surface area contributed by atoms with Crippen LogP contribution < -0.4 is 5.09 Å². The standard InChI is InChI=1S/C23H22NO7P/c25-22(20-12-6-2-7-13-20)28-17-30-32(27,24-16-19-10-4-1-5-11-19)31-18-29-23(26)21-14-8-3-9-15-21/h1-15H,16-18H2,(H,24,27). The van der Waals surface area contributed by atoms with Crippen LogP contribution >= 0.6 is 7.75 Å². The van der Waals surface area contributed by atoms with E-state index in [0.717, 1.165) is 5.56 Å². The van der Waals surface area contributed by atoms with Crippen molar-refractivity contribution in [2.75, 3.05) is 13.6 Å². The summed E-state index contributed by atoms with van der Waals surface area (Å²) in [7, 11) is -3.98. The predicted molar refractivity (Wildman–Crippen MR) is 117 cm³/mol. The van der Waals surface area contributed by atoms with E-state index in [2.05, 4.69) is 5.09 Å². The van der Waals surface area contributed by atoms with Crippen LogP contribution in [-0.2, 0) is 29.6 Å². The third kappa shape index (κ3) is 7.44. The molecule has 3 aromatic rings. The fourth-order valence-electron chi connectivity index (χ4n) is 2.53. The molecule has 0 aliphatic carbocycles. The monoisotopic (exact) mass is 455 g/mol. The summed E-state index contributed by atoms with van der Waals surface area (Å²) in [5.41, 5.74) is 1.46. The maximum absolute atomic E-state index is 13.1. The van der Waals surface area contributed by atoms with Crippen LogP contribution in [0.3, 0.4) is 0 Å². The normalized spacial score (nSPS) is 11.0. The molecule has 3 rings (SSSR count). The van der Waals surface area contributed by atoms with Gasteiger partial charge < -0.3 is 9.47 Å². The predicted octanol–water partition coefficient (Wildman–Crippen LogP) is 4.55. The van der Waals surface area contributed by atoms with Crippen molar-refractivity contribution >= 4 is 19.7 Å². The van der Waals surface area contributed by atoms with Crippen molar-refractivity contribution in [3.05, 3.63) is 108 Å². The molecule has 0 aromatic heterocycles. The van der Waals surface area contributed by atoms with Crippen molar-refractivity contribution in [2.24, 2.45) is 0 Å². The van der Waals surface area contributed by atoms with E-state index in [4.69, 9.17) is 18.5 Å². The zero-order valence-corrected chi connectivity index (χ0v) is 18.0. The number of nitrogens with one attached hydrogen (secondary N) is 1. The molecule has 0 aliphatic rings. The molecule has 0 spiro atoms. The Morgan fingerprint density at radius 3 is 1.50 bits per heavy atom. The first-order valence-electron chi connectivity index (χ1n) is 9.68. The van der Waals surface area contributed by atoms with Crippen molar-refractivity contribution in [2.45, 2.75) is 6.54 Å². The van der Waals surface area contributed by atoms with Gasteiger partial charge in [-0.05, 0) is 29.8 Å². The second-order valence-electron chi connectivity index (χ2n) is 6.41. The van der Waals surface area contributed by atoms with Gasteiger partial charge in [0.1, 0.15) is 0 Å². The van der Waals surface area contributed by atoms with Crippen LogP contribution in [0, 0.1) is 0 Å². The quantitative estimate of drug-likeness (QED) is 0.255. The summed E-state index contributed by atoms with van der Waals surface area (Å²) >= 11 is 0. The highest BCUT2D eigenvalue weighted by molar-refractivity contribution is 7.51. The first-order valence-corrected chi connectivity index (χ1v) is 11.2. The third-order valence-corrected chi connectivity index (χ3v) is 5.60. The summed E-state index contributed by atoms with van der Waals surface area (Å²) in [6, 6.07) is 25.7. The van der Waals surface area contributed by atoms with Crippen molar-refractivity contribution in [3.8, 4) is 0 Å². The van der Waals surface area contributed by atoms with Crippen molar-refractivity contribution in [3.63, 3.8) is 0 Å². The summed E-state index contributed by atoms with van der Waals surface area (Å²) in [4.78, 5) is 24.1. The van der Waals surface area contributed by atoms with E-state index < -0.39 is 33.3 Å². The lowest BCUT2D eigenvalue weighted by Crippen LogP contribution is -2.19. The van der Waals surface area contributed by atoms with E-state index in [1.807, 2.05) is 30.3 Å². The first kappa shape index (κ1) is 23.4. The Bertz CT molecular complexity index is 984. The molecule has 0 saturated carbocycles. The van der Waals surface area contributed by atoms with Gasteiger partial charge in [0.05, 0.1) is 11.1 Å². The highest BCUT2D eigenvalue weighted by Crippen LogP contribution is 2.44. The summed E-state index contributed by atoms with van der Waals surface area (Å²) in [6.07, 6.45) is 0. The second kappa shape index (κ2) is 11.9. The number of benzene rings is 3. The molecule has 0 amide bonds. The number of ether oxygens (including phenoxy) is 2. The Balaban J connectivity index is 1.56. The largest absolute Gasteiger partial charge is 0.434 e. The van der Waals surface area contributed by atoms with Crippen LogP contribution in [0.5, 0.6) is 0 Å². The van der Waals surface area contributed by atoms with E-state index in [-0.39, 0.29) is 6.54 Å². The van der Waals surface area contributed by atoms with Crippen LogP contribution in [0.2, 0.25) is 0 Å². The van der Waals surface area contributed by atoms with Crippen LogP contribution in [-0.4, -0.2) is 25.5 Å². The molecule has 0 bridgehead atoms. The second-order valence-corrected chi connectivity index (χ2v) is 8.24. The SMILES string of the molecule is O=C(OCOP(=O)(NCc1ccccc1)OCOC(=O)c1ccccc1)c1ccccc1. The third-order valence-electron chi connectivity index (χ3n) is 4.16. The summed E-state index contributed by atoms with van der Waals surface area (Å²) in [5, 5.41) is 2.67. The topological polar surface area (TPSA) is 100 Å². The van der Waals surface area contributed by atoms with Gasteiger partial charge in [-0.1, -0.05) is 66.7 Å². The first-order chi connectivity index (χ1) is 15.6. The van der Waals surface area contributed by atoms with Gasteiger partial charge in [-0.25, -0.2) is 19.2 Å². The summed E-state index contributed by atoms with van der Waals surface area (Å²) in [5.74, 6) is -1.29. The molecule has 0 radical (unpaired) electrons. The zero-order valence-electron chi connectivity index (χ0n) is 17.1. The minimum atomic E-state index is -3.98. The molecular formula is C23H22NO7P. The Hall–Kier alpha value is -3.29. The molecule has 9 heteroatoms. The van der Waals surface area contributed by atoms with Crippen molar-refractivity contribution in [1.29, 1.82) is 0 Å². The molecule has 0 heterocycles. The van der Waals surface area contributed by atoms with Gasteiger partial charge in [0, 0.05) is 6.54 Å². The number of carbonyl (C=O) groups excluding carboxylic acids is 2. The number of carbonyl (C=O) groups is 2. The zero-order chi connectivity index (χ0) is 22.7. The van der Waals surface area contributed by atoms with Crippen LogP contribution in [0.15, 0.2) is 91.0 Å². The molecule has 8 nitrogen and oxygen atoms in total. The van der Waals surface area contributed by atoms with Gasteiger partial charge in [0.2, 0.25) is 13.6 Å². The molecule has 0 atom stereocenters. The van der Waals surface area contributed by atoms with Gasteiger partial charge in [-0.3, -0.25) is 9.05 Å². The fraction of sp³-hybridized carbons (Fsp3) is 0.130. The lowest BCUT2D eigenvalue weighted by molar-refractivity contribution is -0.00936. The summed E-state index contributed by atoms with van der Waals surface area (Å²) < 4.78 is 33.5. The molecule has 166 valence electrons. The number of rotatable bonds is 11. The Morgan fingerprint density at radius 1 is 0.656 bits per heavy atom. The van der Waals surface area contributed by atoms with Crippen LogP contribution in [0.4, 0.5) is 0 Å². The average Bonchev–Trinajstić information content (AvgIpc) is 2.84. The molecular weight excluding hydrogens is 433 g/mol. The number of hydrogen-bond acceptors (Lipinski definition) is 7. The number of esters is 2. The van der Waals surface area contributed by atoms with Crippen LogP contribution in [0.1, 0.15) is 26.3 Å². The molecule has 32 heavy (non-hydrogen) atoms. The molecule has 0 fully saturated rings. The Kier molecular flexibility index (Phi) is 8.71. The lowest BCUT2D eigenvalue weighted by atomic mass is 10.2. The minimum absolute atomic E-state index is 0.150. The molecule has 0 unspecified atom stereocenters. The average molecular weight is 455 g/mol. The van der Waals surface area contributed by atoms with Gasteiger partial charge in [-0.2, -0.15) is 0 Å². The van der Waals surface area contributed by atoms with Gasteiger partial charge in [0.25, 0.3) is 0 Å². The molecule has 1 N–H and O–H groups in total. The summed E-state index contributed by atoms with van der Waals surface area (Å²) in [6.45, 7) is -1.10. The van der Waals surface area contributed by atoms with Crippen molar-refractivity contribution in [1.82, 2.24) is 5.09 Å². The fourth-order valence-corrected chi connectivity index (χ4v) is 3.54. The van der Waals surface area contributed by atoms with Crippen LogP contribution in [0.25, 0.3) is 0 Å². The Morgan fingerprint density at radius 2 is 1.06 bits per heavy atom. The maximum atomic E-state index is 13.1. The smallest absolute Gasteiger partial charge is 0.411 e. The Labute approximate surface area is 185 Å². The highest BCUT2D eigenvalue weighted by Gasteiger charge is 2.26.